The Kier molecular flexibility index (Phi) is 8.70. The largest absolute Gasteiger partial charge is 0.399 e. The fourth-order valence-electron chi connectivity index (χ4n) is 4.74. The summed E-state index contributed by atoms with van der Waals surface area (Å²) in [6, 6.07) is 31.3. The zero-order valence-electron chi connectivity index (χ0n) is 21.5. The van der Waals surface area contributed by atoms with Crippen molar-refractivity contribution in [2.45, 2.75) is 0 Å². The topological polar surface area (TPSA) is 134 Å². The molecule has 8 heteroatoms. The lowest BCUT2D eigenvalue weighted by atomic mass is 10.1. The van der Waals surface area contributed by atoms with Gasteiger partial charge in [-0.15, -0.1) is 0 Å². The third-order valence-corrected chi connectivity index (χ3v) is 6.81. The van der Waals surface area contributed by atoms with Crippen molar-refractivity contribution < 1.29 is 10.2 Å². The lowest BCUT2D eigenvalue weighted by Crippen LogP contribution is -2.51. The van der Waals surface area contributed by atoms with Gasteiger partial charge in [0.15, 0.2) is 0 Å². The van der Waals surface area contributed by atoms with E-state index in [0.717, 1.165) is 34.1 Å². The molecular weight excluding hydrogens is 476 g/mol. The fraction of sp³-hybridized carbons (Fsp3) is 0.200. The molecule has 0 spiro atoms. The van der Waals surface area contributed by atoms with Gasteiger partial charge in [0.25, 0.3) is 0 Å². The van der Waals surface area contributed by atoms with Gasteiger partial charge in [-0.25, -0.2) is 0 Å². The molecular formula is C30H37N6O2+. The molecule has 0 saturated heterocycles. The third kappa shape index (κ3) is 6.36. The van der Waals surface area contributed by atoms with Gasteiger partial charge >= 0.3 is 0 Å². The SMILES string of the molecule is Nc1ccc(Nc2ccc([N+](CCO)(CCN(CCO)c3ccc(N)cc3)c3ccc(N)cc3)cc2)cc1. The molecule has 1 unspecified atom stereocenters. The lowest BCUT2D eigenvalue weighted by Gasteiger charge is -2.39. The van der Waals surface area contributed by atoms with Crippen molar-refractivity contribution >= 4 is 45.5 Å². The summed E-state index contributed by atoms with van der Waals surface area (Å²) >= 11 is 0. The highest BCUT2D eigenvalue weighted by atomic mass is 16.3. The zero-order chi connectivity index (χ0) is 27.0. The van der Waals surface area contributed by atoms with Gasteiger partial charge in [0.05, 0.1) is 19.8 Å². The predicted molar refractivity (Wildman–Crippen MR) is 160 cm³/mol. The first kappa shape index (κ1) is 26.8. The molecule has 38 heavy (non-hydrogen) atoms. The number of nitrogens with two attached hydrogens (primary N) is 3. The molecule has 0 radical (unpaired) electrons. The minimum Gasteiger partial charge on any atom is -0.399 e. The van der Waals surface area contributed by atoms with E-state index < -0.39 is 0 Å². The van der Waals surface area contributed by atoms with Crippen LogP contribution in [0.4, 0.5) is 45.5 Å². The number of nitrogens with zero attached hydrogens (tertiary/aromatic N) is 2. The highest BCUT2D eigenvalue weighted by Crippen LogP contribution is 2.36. The number of aliphatic hydroxyl groups is 2. The number of nitrogens with one attached hydrogen (secondary N) is 1. The maximum absolute atomic E-state index is 10.2. The summed E-state index contributed by atoms with van der Waals surface area (Å²) < 4.78 is 0.413. The molecule has 8 nitrogen and oxygen atoms in total. The van der Waals surface area contributed by atoms with Crippen LogP contribution in [-0.2, 0) is 0 Å². The maximum Gasteiger partial charge on any atom is 0.138 e. The van der Waals surface area contributed by atoms with Crippen LogP contribution in [0.2, 0.25) is 0 Å². The van der Waals surface area contributed by atoms with Crippen molar-refractivity contribution in [1.82, 2.24) is 4.48 Å². The van der Waals surface area contributed by atoms with Crippen LogP contribution in [0.15, 0.2) is 97.1 Å². The molecule has 0 saturated carbocycles. The van der Waals surface area contributed by atoms with E-state index >= 15 is 0 Å². The van der Waals surface area contributed by atoms with Gasteiger partial charge in [0.1, 0.15) is 24.5 Å². The number of hydrogen-bond donors (Lipinski definition) is 6. The molecule has 0 amide bonds. The Morgan fingerprint density at radius 2 is 1.00 bits per heavy atom. The molecule has 9 N–H and O–H groups in total. The summed E-state index contributed by atoms with van der Waals surface area (Å²) in [5.41, 5.74) is 24.8. The molecule has 0 fully saturated rings. The van der Waals surface area contributed by atoms with E-state index in [4.69, 9.17) is 17.2 Å². The summed E-state index contributed by atoms with van der Waals surface area (Å²) in [5.74, 6) is 0. The van der Waals surface area contributed by atoms with Crippen molar-refractivity contribution in [3.05, 3.63) is 97.1 Å². The van der Waals surface area contributed by atoms with Crippen LogP contribution in [0, 0.1) is 0 Å². The minimum absolute atomic E-state index is 0.00230. The normalized spacial score (nSPS) is 12.6. The second-order valence-electron chi connectivity index (χ2n) is 9.33. The molecule has 4 aromatic carbocycles. The predicted octanol–water partition coefficient (Wildman–Crippen LogP) is 4.31. The van der Waals surface area contributed by atoms with Gasteiger partial charge in [-0.1, -0.05) is 0 Å². The van der Waals surface area contributed by atoms with Crippen LogP contribution in [0.5, 0.6) is 0 Å². The Hall–Kier alpha value is -4.24. The molecule has 0 aliphatic carbocycles. The Morgan fingerprint density at radius 1 is 0.553 bits per heavy atom. The Morgan fingerprint density at radius 3 is 1.50 bits per heavy atom. The van der Waals surface area contributed by atoms with Crippen LogP contribution >= 0.6 is 0 Å². The van der Waals surface area contributed by atoms with Gasteiger partial charge in [-0.3, -0.25) is 4.48 Å². The number of nitrogen functional groups attached to an aromatic ring is 3. The van der Waals surface area contributed by atoms with Crippen molar-refractivity contribution in [3.63, 3.8) is 0 Å². The highest BCUT2D eigenvalue weighted by Gasteiger charge is 2.33. The molecule has 0 aromatic heterocycles. The average molecular weight is 514 g/mol. The number of benzene rings is 4. The summed E-state index contributed by atoms with van der Waals surface area (Å²) in [6.07, 6.45) is 0. The summed E-state index contributed by atoms with van der Waals surface area (Å²) in [7, 11) is 0. The van der Waals surface area contributed by atoms with Gasteiger partial charge in [0, 0.05) is 64.9 Å². The maximum atomic E-state index is 10.2. The van der Waals surface area contributed by atoms with Crippen LogP contribution in [0.1, 0.15) is 0 Å². The number of rotatable bonds is 12. The lowest BCUT2D eigenvalue weighted by molar-refractivity contribution is 0.241. The quantitative estimate of drug-likeness (QED) is 0.123. The van der Waals surface area contributed by atoms with Gasteiger partial charge in [0.2, 0.25) is 0 Å². The molecule has 198 valence electrons. The molecule has 0 aliphatic heterocycles. The smallest absolute Gasteiger partial charge is 0.138 e. The summed E-state index contributed by atoms with van der Waals surface area (Å²) in [5, 5.41) is 23.4. The first-order valence-corrected chi connectivity index (χ1v) is 12.7. The van der Waals surface area contributed by atoms with E-state index in [1.165, 1.54) is 0 Å². The number of quaternary nitrogens is 1. The van der Waals surface area contributed by atoms with Crippen molar-refractivity contribution in [1.29, 1.82) is 0 Å². The van der Waals surface area contributed by atoms with E-state index in [1.54, 1.807) is 0 Å². The van der Waals surface area contributed by atoms with Crippen molar-refractivity contribution in [2.24, 2.45) is 0 Å². The standard InChI is InChI=1S/C30H37N6O2/c31-23-1-7-26(8-2-23)34-27-9-15-30(16-10-27)36(20-22-38,29-13-5-25(33)6-14-29)19-17-35(18-21-37)28-11-3-24(32)4-12-28/h1-16,34,37-38H,17-22,31-33H2/q+1. The Bertz CT molecular complexity index is 1280. The molecule has 1 atom stereocenters. The summed E-state index contributed by atoms with van der Waals surface area (Å²) in [6.45, 7) is 2.27. The molecule has 4 rings (SSSR count). The van der Waals surface area contributed by atoms with Crippen LogP contribution in [0.3, 0.4) is 0 Å². The second-order valence-corrected chi connectivity index (χ2v) is 9.33. The molecule has 0 bridgehead atoms. The average Bonchev–Trinajstić information content (AvgIpc) is 2.93. The zero-order valence-corrected chi connectivity index (χ0v) is 21.5. The number of hydrogen-bond acceptors (Lipinski definition) is 7. The first-order chi connectivity index (χ1) is 18.4. The van der Waals surface area contributed by atoms with Crippen molar-refractivity contribution in [3.8, 4) is 0 Å². The van der Waals surface area contributed by atoms with Gasteiger partial charge in [-0.2, -0.15) is 0 Å². The van der Waals surface area contributed by atoms with Crippen LogP contribution in [-0.4, -0.2) is 49.6 Å². The number of aliphatic hydroxyl groups excluding tert-OH is 2. The van der Waals surface area contributed by atoms with E-state index in [0.29, 0.717) is 42.0 Å². The van der Waals surface area contributed by atoms with E-state index in [-0.39, 0.29) is 13.2 Å². The summed E-state index contributed by atoms with van der Waals surface area (Å²) in [4.78, 5) is 2.14. The fourth-order valence-corrected chi connectivity index (χ4v) is 4.74. The molecule has 0 heterocycles. The molecule has 0 aliphatic rings. The third-order valence-electron chi connectivity index (χ3n) is 6.81. The molecule has 4 aromatic rings. The minimum atomic E-state index is -0.00230. The van der Waals surface area contributed by atoms with Gasteiger partial charge < -0.3 is 37.6 Å². The van der Waals surface area contributed by atoms with E-state index in [9.17, 15) is 10.2 Å². The van der Waals surface area contributed by atoms with E-state index in [2.05, 4.69) is 22.3 Å². The van der Waals surface area contributed by atoms with Crippen molar-refractivity contribution in [2.75, 3.05) is 66.8 Å². The first-order valence-electron chi connectivity index (χ1n) is 12.7. The monoisotopic (exact) mass is 513 g/mol. The van der Waals surface area contributed by atoms with Crippen LogP contribution < -0.4 is 31.9 Å². The highest BCUT2D eigenvalue weighted by molar-refractivity contribution is 5.67. The Labute approximate surface area is 224 Å². The second kappa shape index (κ2) is 12.3. The number of anilines is 6. The Balaban J connectivity index is 1.67. The van der Waals surface area contributed by atoms with Crippen LogP contribution in [0.25, 0.3) is 0 Å². The van der Waals surface area contributed by atoms with Gasteiger partial charge in [-0.05, 0) is 72.8 Å². The van der Waals surface area contributed by atoms with E-state index in [1.807, 2.05) is 84.9 Å².